The molecule has 1 aromatic carbocycles. The quantitative estimate of drug-likeness (QED) is 0.848. The lowest BCUT2D eigenvalue weighted by molar-refractivity contribution is -0.127. The van der Waals surface area contributed by atoms with Gasteiger partial charge >= 0.3 is 0 Å². The third-order valence-electron chi connectivity index (χ3n) is 2.62. The Morgan fingerprint density at radius 1 is 1.24 bits per heavy atom. The zero-order valence-corrected chi connectivity index (χ0v) is 12.5. The van der Waals surface area contributed by atoms with Crippen molar-refractivity contribution in [3.05, 3.63) is 34.3 Å². The van der Waals surface area contributed by atoms with Crippen molar-refractivity contribution in [2.75, 3.05) is 13.6 Å². The molecule has 0 saturated carbocycles. The standard InChI is InChI=1S/C14H20BrNO/c1-14(2,3)13(17)10-16(4)9-11-5-7-12(15)8-6-11/h5-8H,9-10H2,1-4H3. The fourth-order valence-electron chi connectivity index (χ4n) is 1.44. The molecule has 0 bridgehead atoms. The SMILES string of the molecule is CN(CC(=O)C(C)(C)C)Cc1ccc(Br)cc1. The number of Topliss-reactive ketones (excluding diaryl/α,β-unsaturated/α-hetero) is 1. The van der Waals surface area contributed by atoms with Crippen molar-refractivity contribution in [1.82, 2.24) is 4.90 Å². The lowest BCUT2D eigenvalue weighted by Gasteiger charge is -2.22. The number of likely N-dealkylation sites (N-methyl/N-ethyl adjacent to an activating group) is 1. The van der Waals surface area contributed by atoms with Crippen molar-refractivity contribution >= 4 is 21.7 Å². The topological polar surface area (TPSA) is 20.3 Å². The van der Waals surface area contributed by atoms with Gasteiger partial charge in [-0.05, 0) is 24.7 Å². The summed E-state index contributed by atoms with van der Waals surface area (Å²) < 4.78 is 1.08. The molecule has 3 heteroatoms. The maximum absolute atomic E-state index is 11.9. The van der Waals surface area contributed by atoms with Gasteiger partial charge in [0.2, 0.25) is 0 Å². The first-order valence-electron chi connectivity index (χ1n) is 5.75. The Kier molecular flexibility index (Phi) is 4.90. The van der Waals surface area contributed by atoms with E-state index in [0.717, 1.165) is 11.0 Å². The van der Waals surface area contributed by atoms with Crippen molar-refractivity contribution in [3.8, 4) is 0 Å². The van der Waals surface area contributed by atoms with Gasteiger partial charge in [0, 0.05) is 16.4 Å². The van der Waals surface area contributed by atoms with Crippen LogP contribution in [0, 0.1) is 5.41 Å². The third-order valence-corrected chi connectivity index (χ3v) is 3.14. The highest BCUT2D eigenvalue weighted by Crippen LogP contribution is 2.16. The normalized spacial score (nSPS) is 11.9. The molecule has 0 aliphatic rings. The number of ketones is 1. The van der Waals surface area contributed by atoms with Crippen LogP contribution in [0.1, 0.15) is 26.3 Å². The first-order valence-corrected chi connectivity index (χ1v) is 6.54. The van der Waals surface area contributed by atoms with E-state index in [4.69, 9.17) is 0 Å². The fraction of sp³-hybridized carbons (Fsp3) is 0.500. The van der Waals surface area contributed by atoms with Gasteiger partial charge in [-0.15, -0.1) is 0 Å². The summed E-state index contributed by atoms with van der Waals surface area (Å²) in [7, 11) is 1.98. The highest BCUT2D eigenvalue weighted by molar-refractivity contribution is 9.10. The Balaban J connectivity index is 2.53. The summed E-state index contributed by atoms with van der Waals surface area (Å²) in [5, 5.41) is 0. The van der Waals surface area contributed by atoms with Crippen molar-refractivity contribution in [2.24, 2.45) is 5.41 Å². The van der Waals surface area contributed by atoms with Crippen molar-refractivity contribution in [3.63, 3.8) is 0 Å². The fourth-order valence-corrected chi connectivity index (χ4v) is 1.70. The Morgan fingerprint density at radius 3 is 2.24 bits per heavy atom. The van der Waals surface area contributed by atoms with Gasteiger partial charge < -0.3 is 0 Å². The minimum atomic E-state index is -0.256. The summed E-state index contributed by atoms with van der Waals surface area (Å²) in [6.07, 6.45) is 0. The highest BCUT2D eigenvalue weighted by atomic mass is 79.9. The second kappa shape index (κ2) is 5.78. The lowest BCUT2D eigenvalue weighted by Crippen LogP contribution is -2.33. The van der Waals surface area contributed by atoms with Gasteiger partial charge in [-0.3, -0.25) is 9.69 Å². The molecule has 0 aliphatic heterocycles. The maximum Gasteiger partial charge on any atom is 0.152 e. The number of halogens is 1. The van der Waals surface area contributed by atoms with Gasteiger partial charge in [-0.2, -0.15) is 0 Å². The largest absolute Gasteiger partial charge is 0.298 e. The zero-order valence-electron chi connectivity index (χ0n) is 11.0. The van der Waals surface area contributed by atoms with E-state index in [1.165, 1.54) is 5.56 Å². The van der Waals surface area contributed by atoms with Crippen LogP contribution in [0.15, 0.2) is 28.7 Å². The molecule has 1 rings (SSSR count). The lowest BCUT2D eigenvalue weighted by atomic mass is 9.90. The number of hydrogen-bond donors (Lipinski definition) is 0. The minimum Gasteiger partial charge on any atom is -0.298 e. The van der Waals surface area contributed by atoms with E-state index in [9.17, 15) is 4.79 Å². The van der Waals surface area contributed by atoms with Crippen LogP contribution in [0.4, 0.5) is 0 Å². The Labute approximate surface area is 112 Å². The van der Waals surface area contributed by atoms with Crippen LogP contribution in [0.3, 0.4) is 0 Å². The minimum absolute atomic E-state index is 0.256. The summed E-state index contributed by atoms with van der Waals surface area (Å²) in [5.41, 5.74) is 0.964. The predicted octanol–water partition coefficient (Wildman–Crippen LogP) is 3.50. The molecule has 0 fully saturated rings. The molecule has 0 saturated heterocycles. The Bertz CT molecular complexity index is 378. The van der Waals surface area contributed by atoms with Crippen LogP contribution in [-0.4, -0.2) is 24.3 Å². The van der Waals surface area contributed by atoms with E-state index in [2.05, 4.69) is 33.0 Å². The molecule has 0 spiro atoms. The van der Waals surface area contributed by atoms with E-state index < -0.39 is 0 Å². The summed E-state index contributed by atoms with van der Waals surface area (Å²) in [6, 6.07) is 8.19. The number of hydrogen-bond acceptors (Lipinski definition) is 2. The van der Waals surface area contributed by atoms with Gasteiger partial charge in [0.15, 0.2) is 5.78 Å². The summed E-state index contributed by atoms with van der Waals surface area (Å²) in [6.45, 7) is 7.18. The number of benzene rings is 1. The first-order chi connectivity index (χ1) is 7.79. The molecule has 0 radical (unpaired) electrons. The van der Waals surface area contributed by atoms with Gasteiger partial charge in [0.05, 0.1) is 6.54 Å². The second-order valence-corrected chi connectivity index (χ2v) is 6.39. The summed E-state index contributed by atoms with van der Waals surface area (Å²) in [5.74, 6) is 0.275. The molecule has 0 heterocycles. The van der Waals surface area contributed by atoms with Crippen LogP contribution in [0.25, 0.3) is 0 Å². The van der Waals surface area contributed by atoms with E-state index in [-0.39, 0.29) is 11.2 Å². The molecule has 94 valence electrons. The number of carbonyl (C=O) groups is 1. The molecular formula is C14H20BrNO. The van der Waals surface area contributed by atoms with Gasteiger partial charge in [-0.1, -0.05) is 48.8 Å². The molecule has 1 aromatic rings. The molecule has 0 aromatic heterocycles. The molecular weight excluding hydrogens is 278 g/mol. The molecule has 2 nitrogen and oxygen atoms in total. The van der Waals surface area contributed by atoms with Gasteiger partial charge in [0.1, 0.15) is 0 Å². The van der Waals surface area contributed by atoms with Crippen molar-refractivity contribution in [1.29, 1.82) is 0 Å². The van der Waals surface area contributed by atoms with Crippen LogP contribution in [0.2, 0.25) is 0 Å². The van der Waals surface area contributed by atoms with Gasteiger partial charge in [-0.25, -0.2) is 0 Å². The average molecular weight is 298 g/mol. The van der Waals surface area contributed by atoms with Crippen molar-refractivity contribution in [2.45, 2.75) is 27.3 Å². The molecule has 17 heavy (non-hydrogen) atoms. The van der Waals surface area contributed by atoms with Crippen LogP contribution < -0.4 is 0 Å². The number of carbonyl (C=O) groups excluding carboxylic acids is 1. The number of nitrogens with zero attached hydrogens (tertiary/aromatic N) is 1. The first kappa shape index (κ1) is 14.4. The summed E-state index contributed by atoms with van der Waals surface area (Å²) >= 11 is 3.41. The van der Waals surface area contributed by atoms with Crippen LogP contribution in [-0.2, 0) is 11.3 Å². The third kappa shape index (κ3) is 5.00. The number of rotatable bonds is 4. The molecule has 0 atom stereocenters. The molecule has 0 amide bonds. The van der Waals surface area contributed by atoms with Crippen LogP contribution >= 0.6 is 15.9 Å². The Morgan fingerprint density at radius 2 is 1.76 bits per heavy atom. The molecule has 0 unspecified atom stereocenters. The van der Waals surface area contributed by atoms with Gasteiger partial charge in [0.25, 0.3) is 0 Å². The van der Waals surface area contributed by atoms with Crippen LogP contribution in [0.5, 0.6) is 0 Å². The summed E-state index contributed by atoms with van der Waals surface area (Å²) in [4.78, 5) is 13.9. The van der Waals surface area contributed by atoms with E-state index in [0.29, 0.717) is 6.54 Å². The smallest absolute Gasteiger partial charge is 0.152 e. The van der Waals surface area contributed by atoms with E-state index >= 15 is 0 Å². The average Bonchev–Trinajstić information content (AvgIpc) is 2.20. The highest BCUT2D eigenvalue weighted by Gasteiger charge is 2.22. The molecule has 0 N–H and O–H groups in total. The Hall–Kier alpha value is -0.670. The maximum atomic E-state index is 11.9. The zero-order chi connectivity index (χ0) is 13.1. The van der Waals surface area contributed by atoms with E-state index in [1.54, 1.807) is 0 Å². The second-order valence-electron chi connectivity index (χ2n) is 5.47. The van der Waals surface area contributed by atoms with E-state index in [1.807, 2.05) is 40.0 Å². The van der Waals surface area contributed by atoms with Crippen molar-refractivity contribution < 1.29 is 4.79 Å². The molecule has 0 aliphatic carbocycles. The monoisotopic (exact) mass is 297 g/mol. The predicted molar refractivity (Wildman–Crippen MR) is 74.9 cm³/mol.